The molecule has 0 bridgehead atoms. The average molecular weight is 743 g/mol. The summed E-state index contributed by atoms with van der Waals surface area (Å²) in [6.45, 7) is 9.45. The first-order valence-corrected chi connectivity index (χ1v) is 17.1. The van der Waals surface area contributed by atoms with E-state index in [2.05, 4.69) is 20.7 Å². The maximum Gasteiger partial charge on any atom is 0.356 e. The van der Waals surface area contributed by atoms with Gasteiger partial charge in [0, 0.05) is 12.6 Å². The van der Waals surface area contributed by atoms with Crippen molar-refractivity contribution in [3.63, 3.8) is 0 Å². The molecule has 53 heavy (non-hydrogen) atoms. The zero-order chi connectivity index (χ0) is 38.6. The predicted molar refractivity (Wildman–Crippen MR) is 198 cm³/mol. The molecule has 2 heterocycles. The Labute approximate surface area is 310 Å². The van der Waals surface area contributed by atoms with Gasteiger partial charge in [-0.05, 0) is 99.5 Å². The first-order valence-electron chi connectivity index (χ1n) is 16.8. The minimum atomic E-state index is -0.785. The van der Waals surface area contributed by atoms with E-state index in [9.17, 15) is 23.6 Å². The van der Waals surface area contributed by atoms with Crippen LogP contribution in [0, 0.1) is 19.7 Å². The van der Waals surface area contributed by atoms with Crippen molar-refractivity contribution in [3.05, 3.63) is 128 Å². The van der Waals surface area contributed by atoms with Crippen LogP contribution in [0.15, 0.2) is 66.9 Å². The molecule has 4 N–H and O–H groups in total. The van der Waals surface area contributed by atoms with Crippen LogP contribution in [0.25, 0.3) is 5.65 Å². The Hall–Kier alpha value is -5.66. The molecule has 12 nitrogen and oxygen atoms in total. The number of hydrogen-bond acceptors (Lipinski definition) is 9. The first-order chi connectivity index (χ1) is 25.1. The second kappa shape index (κ2) is 15.9. The molecule has 1 atom stereocenters. The van der Waals surface area contributed by atoms with Crippen molar-refractivity contribution in [1.82, 2.24) is 19.9 Å². The van der Waals surface area contributed by atoms with Gasteiger partial charge < -0.3 is 25.8 Å². The van der Waals surface area contributed by atoms with E-state index in [0.717, 1.165) is 22.3 Å². The number of anilines is 1. The number of nitrogens with zero attached hydrogens (tertiary/aromatic N) is 3. The number of nitrogens with one attached hydrogen (secondary N) is 2. The first kappa shape index (κ1) is 38.6. The van der Waals surface area contributed by atoms with Crippen molar-refractivity contribution in [2.45, 2.75) is 65.6 Å². The maximum atomic E-state index is 13.7. The largest absolute Gasteiger partial charge is 0.464 e. The monoisotopic (exact) mass is 742 g/mol. The molecular weight excluding hydrogens is 703 g/mol. The number of carbonyl (C=O) groups excluding carboxylic acids is 4. The van der Waals surface area contributed by atoms with Gasteiger partial charge in [0.1, 0.15) is 22.7 Å². The molecule has 0 radical (unpaired) electrons. The molecule has 6 rings (SSSR count). The standard InChI is InChI=1S/C31H30ClN5O6.C8H10FN/c1-16-17-12-13-22(19(17)11-10-18(16)29(40)43-31(2,3)4)35-28(39)25-14-24(30(41)42-5)34-26-20(15-33-37(25)26)27(38)36-23-9-7-6-8-21(23)32;1-6-2-3-7(5-10)4-8(6)9/h6-11,14-15,22H,12-13H2,1-5H3,(H,35,39)(H,36,38);2-4H,5,10H2,1H3/t22-;/m0./s1. The molecule has 276 valence electrons. The van der Waals surface area contributed by atoms with Crippen LogP contribution in [0.2, 0.25) is 5.02 Å². The van der Waals surface area contributed by atoms with Gasteiger partial charge in [-0.1, -0.05) is 41.9 Å². The van der Waals surface area contributed by atoms with E-state index in [4.69, 9.17) is 26.8 Å². The van der Waals surface area contributed by atoms with Crippen LogP contribution < -0.4 is 16.4 Å². The molecule has 1 aliphatic rings. The van der Waals surface area contributed by atoms with E-state index in [1.54, 1.807) is 43.3 Å². The number of fused-ring (bicyclic) bond motifs is 2. The molecule has 0 fully saturated rings. The van der Waals surface area contributed by atoms with Crippen LogP contribution in [0.5, 0.6) is 0 Å². The van der Waals surface area contributed by atoms with Crippen LogP contribution in [0.3, 0.4) is 0 Å². The van der Waals surface area contributed by atoms with Crippen LogP contribution in [-0.4, -0.2) is 51.1 Å². The Bertz CT molecular complexity index is 2230. The number of aromatic nitrogens is 3. The van der Waals surface area contributed by atoms with Crippen molar-refractivity contribution in [1.29, 1.82) is 0 Å². The van der Waals surface area contributed by atoms with Crippen LogP contribution >= 0.6 is 11.6 Å². The third-order valence-electron chi connectivity index (χ3n) is 8.55. The average Bonchev–Trinajstić information content (AvgIpc) is 3.74. The molecule has 2 amide bonds. The van der Waals surface area contributed by atoms with Gasteiger partial charge in [-0.3, -0.25) is 9.59 Å². The van der Waals surface area contributed by atoms with Gasteiger partial charge >= 0.3 is 11.9 Å². The highest BCUT2D eigenvalue weighted by Crippen LogP contribution is 2.35. The number of methoxy groups -OCH3 is 1. The van der Waals surface area contributed by atoms with E-state index in [1.165, 1.54) is 30.0 Å². The van der Waals surface area contributed by atoms with Crippen molar-refractivity contribution in [2.24, 2.45) is 5.73 Å². The molecule has 0 saturated heterocycles. The maximum absolute atomic E-state index is 13.7. The van der Waals surface area contributed by atoms with Crippen LogP contribution in [-0.2, 0) is 22.4 Å². The van der Waals surface area contributed by atoms with Crippen molar-refractivity contribution in [3.8, 4) is 0 Å². The Balaban J connectivity index is 0.000000469. The van der Waals surface area contributed by atoms with Gasteiger partial charge in [-0.2, -0.15) is 5.10 Å². The van der Waals surface area contributed by atoms with Crippen molar-refractivity contribution in [2.75, 3.05) is 12.4 Å². The zero-order valence-corrected chi connectivity index (χ0v) is 30.9. The molecule has 2 aromatic heterocycles. The summed E-state index contributed by atoms with van der Waals surface area (Å²) < 4.78 is 24.3. The van der Waals surface area contributed by atoms with Gasteiger partial charge in [0.05, 0.1) is 35.6 Å². The Morgan fingerprint density at radius 2 is 1.74 bits per heavy atom. The van der Waals surface area contributed by atoms with E-state index < -0.39 is 29.4 Å². The lowest BCUT2D eigenvalue weighted by Gasteiger charge is -2.21. The van der Waals surface area contributed by atoms with Crippen LogP contribution in [0.1, 0.15) is 103 Å². The normalized spacial score (nSPS) is 13.4. The summed E-state index contributed by atoms with van der Waals surface area (Å²) >= 11 is 6.19. The highest BCUT2D eigenvalue weighted by atomic mass is 35.5. The number of carbonyl (C=O) groups is 4. The fraction of sp³-hybridized carbons (Fsp3) is 0.282. The molecule has 5 aromatic rings. The quantitative estimate of drug-likeness (QED) is 0.154. The van der Waals surface area contributed by atoms with E-state index in [0.29, 0.717) is 41.2 Å². The lowest BCUT2D eigenvalue weighted by Crippen LogP contribution is -2.30. The lowest BCUT2D eigenvalue weighted by atomic mass is 9.97. The molecule has 14 heteroatoms. The summed E-state index contributed by atoms with van der Waals surface area (Å²) in [6, 6.07) is 16.2. The number of nitrogens with two attached hydrogens (primary N) is 1. The highest BCUT2D eigenvalue weighted by Gasteiger charge is 2.31. The summed E-state index contributed by atoms with van der Waals surface area (Å²) in [5, 5.41) is 10.3. The van der Waals surface area contributed by atoms with E-state index in [1.807, 2.05) is 39.8 Å². The Morgan fingerprint density at radius 3 is 2.40 bits per heavy atom. The fourth-order valence-electron chi connectivity index (χ4n) is 5.83. The molecule has 1 aliphatic carbocycles. The van der Waals surface area contributed by atoms with Gasteiger partial charge in [-0.15, -0.1) is 0 Å². The minimum absolute atomic E-state index is 0.0118. The second-order valence-corrected chi connectivity index (χ2v) is 13.8. The molecule has 0 unspecified atom stereocenters. The lowest BCUT2D eigenvalue weighted by molar-refractivity contribution is 0.00681. The SMILES string of the molecule is COC(=O)c1cc(C(=O)N[C@H]2CCc3c2ccc(C(=O)OC(C)(C)C)c3C)n2ncc(C(=O)Nc3ccccc3Cl)c2n1.Cc1ccc(CN)cc1F. The van der Waals surface area contributed by atoms with Crippen molar-refractivity contribution >= 4 is 46.7 Å². The second-order valence-electron chi connectivity index (χ2n) is 13.4. The van der Waals surface area contributed by atoms with Gasteiger partial charge in [0.25, 0.3) is 11.8 Å². The molecular formula is C39H40ClFN6O6. The Kier molecular flexibility index (Phi) is 11.6. The van der Waals surface area contributed by atoms with E-state index in [-0.39, 0.29) is 34.5 Å². The number of para-hydroxylation sites is 1. The van der Waals surface area contributed by atoms with E-state index >= 15 is 0 Å². The third kappa shape index (κ3) is 8.70. The van der Waals surface area contributed by atoms with Gasteiger partial charge in [0.15, 0.2) is 11.3 Å². The summed E-state index contributed by atoms with van der Waals surface area (Å²) in [7, 11) is 1.19. The number of rotatable bonds is 7. The number of amides is 2. The van der Waals surface area contributed by atoms with Gasteiger partial charge in [0.2, 0.25) is 0 Å². The summed E-state index contributed by atoms with van der Waals surface area (Å²) in [5.74, 6) is -2.48. The number of hydrogen-bond donors (Lipinski definition) is 3. The van der Waals surface area contributed by atoms with Crippen LogP contribution in [0.4, 0.5) is 10.1 Å². The number of ether oxygens (including phenoxy) is 2. The number of esters is 2. The predicted octanol–water partition coefficient (Wildman–Crippen LogP) is 6.70. The topological polar surface area (TPSA) is 167 Å². The van der Waals surface area contributed by atoms with Crippen molar-refractivity contribution < 1.29 is 33.0 Å². The smallest absolute Gasteiger partial charge is 0.356 e. The summed E-state index contributed by atoms with van der Waals surface area (Å²) in [6.07, 6.45) is 2.51. The summed E-state index contributed by atoms with van der Waals surface area (Å²) in [5.41, 5.74) is 9.53. The molecule has 0 saturated carbocycles. The highest BCUT2D eigenvalue weighted by molar-refractivity contribution is 6.34. The Morgan fingerprint density at radius 1 is 1.00 bits per heavy atom. The zero-order valence-electron chi connectivity index (χ0n) is 30.2. The molecule has 3 aromatic carbocycles. The number of halogens is 2. The fourth-order valence-corrected chi connectivity index (χ4v) is 6.01. The number of benzene rings is 3. The third-order valence-corrected chi connectivity index (χ3v) is 8.88. The molecule has 0 spiro atoms. The summed E-state index contributed by atoms with van der Waals surface area (Å²) in [4.78, 5) is 56.3. The molecule has 0 aliphatic heterocycles. The number of aryl methyl sites for hydroxylation is 1. The minimum Gasteiger partial charge on any atom is -0.464 e. The van der Waals surface area contributed by atoms with Gasteiger partial charge in [-0.25, -0.2) is 23.5 Å².